The molecule has 1 N–H and O–H groups in total. The Morgan fingerprint density at radius 3 is 3.16 bits per heavy atom. The highest BCUT2D eigenvalue weighted by molar-refractivity contribution is 7.99. The van der Waals surface area contributed by atoms with Crippen molar-refractivity contribution in [3.63, 3.8) is 0 Å². The van der Waals surface area contributed by atoms with Crippen LogP contribution < -0.4 is 0 Å². The van der Waals surface area contributed by atoms with E-state index in [1.54, 1.807) is 29.2 Å². The van der Waals surface area contributed by atoms with Crippen LogP contribution in [0, 0.1) is 0 Å². The minimum absolute atomic E-state index is 0.294. The van der Waals surface area contributed by atoms with Crippen LogP contribution >= 0.6 is 11.8 Å². The maximum atomic E-state index is 10.7. The average molecular weight is 277 g/mol. The zero-order valence-electron chi connectivity index (χ0n) is 9.41. The third kappa shape index (κ3) is 2.25. The molecule has 3 rings (SSSR count). The molecule has 0 bridgehead atoms. The number of aromatic nitrogens is 7. The first kappa shape index (κ1) is 11.6. The van der Waals surface area contributed by atoms with Gasteiger partial charge in [0, 0.05) is 12.4 Å². The molecule has 9 nitrogen and oxygen atoms in total. The topological polar surface area (TPSA) is 111 Å². The summed E-state index contributed by atoms with van der Waals surface area (Å²) in [5.74, 6) is -1.01. The van der Waals surface area contributed by atoms with Crippen LogP contribution in [0.3, 0.4) is 0 Å². The molecule has 0 unspecified atom stereocenters. The number of tetrazole rings is 1. The predicted octanol–water partition coefficient (Wildman–Crippen LogP) is -0.0484. The van der Waals surface area contributed by atoms with Gasteiger partial charge in [-0.1, -0.05) is 0 Å². The first-order valence-corrected chi connectivity index (χ1v) is 6.00. The number of fused-ring (bicyclic) bond motifs is 1. The summed E-state index contributed by atoms with van der Waals surface area (Å²) < 4.78 is 2.87. The molecule has 0 atom stereocenters. The van der Waals surface area contributed by atoms with E-state index in [4.69, 9.17) is 5.11 Å². The average Bonchev–Trinajstić information content (AvgIpc) is 2.99. The van der Waals surface area contributed by atoms with Gasteiger partial charge in [-0.25, -0.2) is 14.2 Å². The van der Waals surface area contributed by atoms with Crippen LogP contribution in [0.15, 0.2) is 34.8 Å². The number of hydrogen-bond donors (Lipinski definition) is 1. The zero-order valence-corrected chi connectivity index (χ0v) is 10.2. The minimum atomic E-state index is -1.01. The Hall–Kier alpha value is -2.49. The molecule has 3 aromatic heterocycles. The quantitative estimate of drug-likeness (QED) is 0.706. The molecule has 0 aliphatic heterocycles. The van der Waals surface area contributed by atoms with Gasteiger partial charge >= 0.3 is 5.97 Å². The van der Waals surface area contributed by atoms with Crippen molar-refractivity contribution in [1.29, 1.82) is 0 Å². The van der Waals surface area contributed by atoms with Crippen molar-refractivity contribution in [2.75, 3.05) is 0 Å². The molecule has 0 amide bonds. The van der Waals surface area contributed by atoms with E-state index in [2.05, 4.69) is 25.6 Å². The van der Waals surface area contributed by atoms with Crippen molar-refractivity contribution in [3.05, 3.63) is 24.7 Å². The summed E-state index contributed by atoms with van der Waals surface area (Å²) in [6.45, 7) is -0.294. The van der Waals surface area contributed by atoms with Gasteiger partial charge < -0.3 is 5.11 Å². The number of carboxylic acid groups (broad SMARTS) is 1. The number of hydrogen-bond acceptors (Lipinski definition) is 7. The number of carbonyl (C=O) groups is 1. The van der Waals surface area contributed by atoms with Crippen LogP contribution in [0.2, 0.25) is 0 Å². The van der Waals surface area contributed by atoms with Gasteiger partial charge in [0.25, 0.3) is 0 Å². The number of carboxylic acids is 1. The molecule has 0 fully saturated rings. The second kappa shape index (κ2) is 4.65. The molecule has 0 aliphatic rings. The molecule has 3 heterocycles. The van der Waals surface area contributed by atoms with E-state index < -0.39 is 5.97 Å². The summed E-state index contributed by atoms with van der Waals surface area (Å²) in [4.78, 5) is 14.9. The van der Waals surface area contributed by atoms with Gasteiger partial charge in [-0.3, -0.25) is 4.79 Å². The molecule has 0 aliphatic carbocycles. The third-order valence-electron chi connectivity index (χ3n) is 2.26. The zero-order chi connectivity index (χ0) is 13.2. The summed E-state index contributed by atoms with van der Waals surface area (Å²) in [5, 5.41) is 24.7. The van der Waals surface area contributed by atoms with E-state index in [0.717, 1.165) is 5.52 Å². The molecule has 0 radical (unpaired) electrons. The molecule has 0 saturated heterocycles. The van der Waals surface area contributed by atoms with Crippen LogP contribution in [-0.4, -0.2) is 45.9 Å². The number of nitrogens with zero attached hydrogens (tertiary/aromatic N) is 7. The molecule has 0 saturated carbocycles. The van der Waals surface area contributed by atoms with E-state index in [1.165, 1.54) is 16.4 Å². The highest BCUT2D eigenvalue weighted by Crippen LogP contribution is 2.26. The van der Waals surface area contributed by atoms with E-state index in [0.29, 0.717) is 10.2 Å². The molecule has 0 spiro atoms. The van der Waals surface area contributed by atoms with E-state index in [1.807, 2.05) is 0 Å². The standard InChI is InChI=1S/C9H7N7O2S/c17-7(18)5-16-9(12-13-14-16)19-8-6-1-2-11-15(6)4-3-10-8/h1-4H,5H2,(H,17,18). The van der Waals surface area contributed by atoms with Gasteiger partial charge in [0.1, 0.15) is 11.6 Å². The summed E-state index contributed by atoms with van der Waals surface area (Å²) in [6, 6.07) is 1.81. The molecule has 0 aromatic carbocycles. The Labute approximate surface area is 110 Å². The lowest BCUT2D eigenvalue weighted by Crippen LogP contribution is -2.11. The maximum absolute atomic E-state index is 10.7. The van der Waals surface area contributed by atoms with Crippen LogP contribution in [0.4, 0.5) is 0 Å². The lowest BCUT2D eigenvalue weighted by atomic mass is 10.5. The van der Waals surface area contributed by atoms with Gasteiger partial charge in [-0.15, -0.1) is 5.10 Å². The smallest absolute Gasteiger partial charge is 0.325 e. The Balaban J connectivity index is 1.95. The Morgan fingerprint density at radius 2 is 2.32 bits per heavy atom. The maximum Gasteiger partial charge on any atom is 0.325 e. The molecule has 96 valence electrons. The van der Waals surface area contributed by atoms with E-state index in [-0.39, 0.29) is 6.54 Å². The fourth-order valence-corrected chi connectivity index (χ4v) is 2.33. The van der Waals surface area contributed by atoms with Gasteiger partial charge in [-0.2, -0.15) is 5.10 Å². The molecule has 19 heavy (non-hydrogen) atoms. The molecule has 10 heteroatoms. The molecule has 3 aromatic rings. The van der Waals surface area contributed by atoms with Crippen LogP contribution in [0.5, 0.6) is 0 Å². The van der Waals surface area contributed by atoms with Crippen molar-refractivity contribution >= 4 is 23.2 Å². The summed E-state index contributed by atoms with van der Waals surface area (Å²) in [6.07, 6.45) is 4.98. The lowest BCUT2D eigenvalue weighted by molar-refractivity contribution is -0.138. The first-order chi connectivity index (χ1) is 9.24. The van der Waals surface area contributed by atoms with Gasteiger partial charge in [0.2, 0.25) is 5.16 Å². The molecular formula is C9H7N7O2S. The SMILES string of the molecule is O=C(O)Cn1nnnc1Sc1nccn2nccc12. The Morgan fingerprint density at radius 1 is 1.42 bits per heavy atom. The summed E-state index contributed by atoms with van der Waals surface area (Å²) in [5.41, 5.74) is 0.803. The predicted molar refractivity (Wildman–Crippen MR) is 62.6 cm³/mol. The Bertz CT molecular complexity index is 737. The second-order valence-electron chi connectivity index (χ2n) is 3.51. The Kier molecular flexibility index (Phi) is 2.83. The van der Waals surface area contributed by atoms with Gasteiger partial charge in [0.05, 0.1) is 11.7 Å². The first-order valence-electron chi connectivity index (χ1n) is 5.18. The molecular weight excluding hydrogens is 270 g/mol. The van der Waals surface area contributed by atoms with E-state index >= 15 is 0 Å². The number of rotatable bonds is 4. The van der Waals surface area contributed by atoms with Crippen molar-refractivity contribution in [1.82, 2.24) is 34.8 Å². The fraction of sp³-hybridized carbons (Fsp3) is 0.111. The largest absolute Gasteiger partial charge is 0.480 e. The third-order valence-corrected chi connectivity index (χ3v) is 3.24. The number of aliphatic carboxylic acids is 1. The van der Waals surface area contributed by atoms with Crippen LogP contribution in [-0.2, 0) is 11.3 Å². The van der Waals surface area contributed by atoms with Crippen molar-refractivity contribution in [2.24, 2.45) is 0 Å². The van der Waals surface area contributed by atoms with Crippen molar-refractivity contribution < 1.29 is 9.90 Å². The van der Waals surface area contributed by atoms with Gasteiger partial charge in [0.15, 0.2) is 0 Å². The normalized spacial score (nSPS) is 10.9. The van der Waals surface area contributed by atoms with E-state index in [9.17, 15) is 4.79 Å². The van der Waals surface area contributed by atoms with Crippen molar-refractivity contribution in [2.45, 2.75) is 16.7 Å². The van der Waals surface area contributed by atoms with Crippen molar-refractivity contribution in [3.8, 4) is 0 Å². The monoisotopic (exact) mass is 277 g/mol. The van der Waals surface area contributed by atoms with Crippen LogP contribution in [0.1, 0.15) is 0 Å². The van der Waals surface area contributed by atoms with Crippen LogP contribution in [0.25, 0.3) is 5.52 Å². The summed E-state index contributed by atoms with van der Waals surface area (Å²) >= 11 is 1.19. The highest BCUT2D eigenvalue weighted by Gasteiger charge is 2.13. The van der Waals surface area contributed by atoms with Gasteiger partial charge in [-0.05, 0) is 28.3 Å². The summed E-state index contributed by atoms with van der Waals surface area (Å²) in [7, 11) is 0. The second-order valence-corrected chi connectivity index (χ2v) is 4.46. The lowest BCUT2D eigenvalue weighted by Gasteiger charge is -2.02. The highest BCUT2D eigenvalue weighted by atomic mass is 32.2. The fourth-order valence-electron chi connectivity index (χ4n) is 1.49. The minimum Gasteiger partial charge on any atom is -0.480 e.